The number of amides is 2. The van der Waals surface area contributed by atoms with Crippen molar-refractivity contribution in [2.24, 2.45) is 0 Å². The number of carbonyl (C=O) groups is 3. The average molecular weight is 400 g/mol. The Balaban J connectivity index is 1.38. The standard InChI is InChI=1S/C23H33N3O3/c1-18-5-6-20(17-19(18)2)21(27)7-8-22(28)25-13-15-26(16-14-25)23(29)9-12-24-10-3-4-11-24/h5-6,17H,3-4,7-16H2,1-2H3. The van der Waals surface area contributed by atoms with Crippen molar-refractivity contribution in [3.63, 3.8) is 0 Å². The summed E-state index contributed by atoms with van der Waals surface area (Å²) in [6, 6.07) is 5.68. The van der Waals surface area contributed by atoms with Crippen molar-refractivity contribution in [3.05, 3.63) is 34.9 Å². The number of carbonyl (C=O) groups excluding carboxylic acids is 3. The van der Waals surface area contributed by atoms with Crippen LogP contribution in [0.25, 0.3) is 0 Å². The fourth-order valence-electron chi connectivity index (χ4n) is 4.06. The molecule has 1 aromatic rings. The monoisotopic (exact) mass is 399 g/mol. The first-order chi connectivity index (χ1) is 13.9. The van der Waals surface area contributed by atoms with Crippen LogP contribution in [0.2, 0.25) is 0 Å². The minimum atomic E-state index is 0.00588. The van der Waals surface area contributed by atoms with Crippen molar-refractivity contribution in [1.29, 1.82) is 0 Å². The van der Waals surface area contributed by atoms with Gasteiger partial charge in [-0.15, -0.1) is 0 Å². The lowest BCUT2D eigenvalue weighted by Crippen LogP contribution is -2.51. The summed E-state index contributed by atoms with van der Waals surface area (Å²) in [4.78, 5) is 43.3. The second-order valence-electron chi connectivity index (χ2n) is 8.28. The summed E-state index contributed by atoms with van der Waals surface area (Å²) in [6.45, 7) is 9.38. The van der Waals surface area contributed by atoms with Gasteiger partial charge in [-0.3, -0.25) is 14.4 Å². The molecule has 158 valence electrons. The SMILES string of the molecule is Cc1ccc(C(=O)CCC(=O)N2CCN(C(=O)CCN3CCCC3)CC2)cc1C. The van der Waals surface area contributed by atoms with Crippen LogP contribution in [0.15, 0.2) is 18.2 Å². The van der Waals surface area contributed by atoms with Crippen molar-refractivity contribution >= 4 is 17.6 Å². The minimum absolute atomic E-state index is 0.00588. The molecule has 0 bridgehead atoms. The van der Waals surface area contributed by atoms with Gasteiger partial charge in [0.05, 0.1) is 0 Å². The van der Waals surface area contributed by atoms with E-state index in [1.165, 1.54) is 12.8 Å². The number of benzene rings is 1. The quantitative estimate of drug-likeness (QED) is 0.661. The van der Waals surface area contributed by atoms with Crippen LogP contribution in [0.5, 0.6) is 0 Å². The zero-order chi connectivity index (χ0) is 20.8. The van der Waals surface area contributed by atoms with Gasteiger partial charge >= 0.3 is 0 Å². The first kappa shape index (κ1) is 21.5. The number of ketones is 1. The van der Waals surface area contributed by atoms with Crippen molar-refractivity contribution in [3.8, 4) is 0 Å². The molecule has 29 heavy (non-hydrogen) atoms. The Bertz CT molecular complexity index is 748. The molecule has 2 fully saturated rings. The Labute approximate surface area is 173 Å². The predicted octanol–water partition coefficient (Wildman–Crippen LogP) is 2.42. The third-order valence-electron chi connectivity index (χ3n) is 6.22. The van der Waals surface area contributed by atoms with Crippen molar-refractivity contribution in [2.45, 2.75) is 46.0 Å². The lowest BCUT2D eigenvalue weighted by atomic mass is 10.0. The largest absolute Gasteiger partial charge is 0.339 e. The minimum Gasteiger partial charge on any atom is -0.339 e. The summed E-state index contributed by atoms with van der Waals surface area (Å²) in [5, 5.41) is 0. The number of nitrogens with zero attached hydrogens (tertiary/aromatic N) is 3. The number of piperazine rings is 1. The molecule has 0 N–H and O–H groups in total. The van der Waals surface area contributed by atoms with Gasteiger partial charge < -0.3 is 14.7 Å². The summed E-state index contributed by atoms with van der Waals surface area (Å²) in [5.74, 6) is 0.206. The highest BCUT2D eigenvalue weighted by atomic mass is 16.2. The van der Waals surface area contributed by atoms with E-state index in [9.17, 15) is 14.4 Å². The number of hydrogen-bond donors (Lipinski definition) is 0. The van der Waals surface area contributed by atoms with Crippen molar-refractivity contribution in [1.82, 2.24) is 14.7 Å². The normalized spacial score (nSPS) is 17.6. The van der Waals surface area contributed by atoms with Crippen LogP contribution in [-0.4, -0.2) is 78.1 Å². The van der Waals surface area contributed by atoms with Crippen molar-refractivity contribution < 1.29 is 14.4 Å². The van der Waals surface area contributed by atoms with Crippen LogP contribution in [0.4, 0.5) is 0 Å². The molecular formula is C23H33N3O3. The highest BCUT2D eigenvalue weighted by molar-refractivity contribution is 5.98. The van der Waals surface area contributed by atoms with Gasteiger partial charge in [0.25, 0.3) is 0 Å². The van der Waals surface area contributed by atoms with Gasteiger partial charge in [0, 0.05) is 57.5 Å². The van der Waals surface area contributed by atoms with E-state index in [-0.39, 0.29) is 30.4 Å². The third kappa shape index (κ3) is 5.89. The van der Waals surface area contributed by atoms with Gasteiger partial charge in [-0.25, -0.2) is 0 Å². The van der Waals surface area contributed by atoms with Crippen LogP contribution in [-0.2, 0) is 9.59 Å². The molecule has 0 unspecified atom stereocenters. The van der Waals surface area contributed by atoms with Gasteiger partial charge in [0.2, 0.25) is 11.8 Å². The Kier molecular flexibility index (Phi) is 7.42. The molecule has 0 atom stereocenters. The molecular weight excluding hydrogens is 366 g/mol. The van der Waals surface area contributed by atoms with Gasteiger partial charge in [-0.05, 0) is 57.0 Å². The molecule has 0 spiro atoms. The number of Topliss-reactive ketones (excluding diaryl/α,β-unsaturated/α-hetero) is 1. The van der Waals surface area contributed by atoms with E-state index >= 15 is 0 Å². The van der Waals surface area contributed by atoms with E-state index in [2.05, 4.69) is 4.90 Å². The van der Waals surface area contributed by atoms with Crippen LogP contribution in [0.1, 0.15) is 53.6 Å². The summed E-state index contributed by atoms with van der Waals surface area (Å²) in [5.41, 5.74) is 2.92. The predicted molar refractivity (Wildman–Crippen MR) is 113 cm³/mol. The maximum Gasteiger partial charge on any atom is 0.223 e. The van der Waals surface area contributed by atoms with E-state index in [1.54, 1.807) is 4.90 Å². The molecule has 2 saturated heterocycles. The molecule has 0 radical (unpaired) electrons. The molecule has 3 rings (SSSR count). The molecule has 6 nitrogen and oxygen atoms in total. The number of likely N-dealkylation sites (tertiary alicyclic amines) is 1. The lowest BCUT2D eigenvalue weighted by molar-refractivity contribution is -0.139. The molecule has 0 aromatic heterocycles. The molecule has 2 heterocycles. The lowest BCUT2D eigenvalue weighted by Gasteiger charge is -2.35. The number of hydrogen-bond acceptors (Lipinski definition) is 4. The van der Waals surface area contributed by atoms with Gasteiger partial charge in [0.1, 0.15) is 0 Å². The third-order valence-corrected chi connectivity index (χ3v) is 6.22. The Morgan fingerprint density at radius 3 is 1.93 bits per heavy atom. The first-order valence-electron chi connectivity index (χ1n) is 10.8. The zero-order valence-corrected chi connectivity index (χ0v) is 17.8. The highest BCUT2D eigenvalue weighted by Crippen LogP contribution is 2.14. The fraction of sp³-hybridized carbons (Fsp3) is 0.609. The summed E-state index contributed by atoms with van der Waals surface area (Å²) in [6.07, 6.45) is 3.51. The Morgan fingerprint density at radius 2 is 1.34 bits per heavy atom. The highest BCUT2D eigenvalue weighted by Gasteiger charge is 2.25. The van der Waals surface area contributed by atoms with Gasteiger partial charge in [-0.1, -0.05) is 12.1 Å². The molecule has 0 aliphatic carbocycles. The summed E-state index contributed by atoms with van der Waals surface area (Å²) >= 11 is 0. The molecule has 2 amide bonds. The van der Waals surface area contributed by atoms with Crippen molar-refractivity contribution in [2.75, 3.05) is 45.8 Å². The smallest absolute Gasteiger partial charge is 0.223 e. The van der Waals surface area contributed by atoms with Crippen LogP contribution in [0, 0.1) is 13.8 Å². The number of aryl methyl sites for hydroxylation is 2. The summed E-state index contributed by atoms with van der Waals surface area (Å²) < 4.78 is 0. The Hall–Kier alpha value is -2.21. The van der Waals surface area contributed by atoms with Crippen LogP contribution < -0.4 is 0 Å². The molecule has 2 aliphatic heterocycles. The molecule has 0 saturated carbocycles. The second-order valence-corrected chi connectivity index (χ2v) is 8.28. The fourth-order valence-corrected chi connectivity index (χ4v) is 4.06. The van der Waals surface area contributed by atoms with E-state index in [0.717, 1.165) is 30.8 Å². The first-order valence-corrected chi connectivity index (χ1v) is 10.8. The van der Waals surface area contributed by atoms with Gasteiger partial charge in [-0.2, -0.15) is 0 Å². The summed E-state index contributed by atoms with van der Waals surface area (Å²) in [7, 11) is 0. The van der Waals surface area contributed by atoms with Crippen LogP contribution in [0.3, 0.4) is 0 Å². The molecule has 2 aliphatic rings. The van der Waals surface area contributed by atoms with E-state index < -0.39 is 0 Å². The molecule has 1 aromatic carbocycles. The van der Waals surface area contributed by atoms with E-state index in [4.69, 9.17) is 0 Å². The zero-order valence-electron chi connectivity index (χ0n) is 17.8. The second kappa shape index (κ2) is 10.0. The maximum atomic E-state index is 12.5. The van der Waals surface area contributed by atoms with E-state index in [0.29, 0.717) is 38.2 Å². The topological polar surface area (TPSA) is 60.9 Å². The van der Waals surface area contributed by atoms with E-state index in [1.807, 2.05) is 36.9 Å². The number of rotatable bonds is 7. The van der Waals surface area contributed by atoms with Crippen LogP contribution >= 0.6 is 0 Å². The van der Waals surface area contributed by atoms with Gasteiger partial charge in [0.15, 0.2) is 5.78 Å². The molecule has 6 heteroatoms. The maximum absolute atomic E-state index is 12.5. The Morgan fingerprint density at radius 1 is 0.759 bits per heavy atom. The average Bonchev–Trinajstić information content (AvgIpc) is 3.25.